The number of benzene rings is 1. The van der Waals surface area contributed by atoms with Crippen LogP contribution >= 0.6 is 23.2 Å². The van der Waals surface area contributed by atoms with E-state index in [1.54, 1.807) is 18.9 Å². The molecule has 1 fully saturated rings. The number of H-pyrrole nitrogens is 1. The van der Waals surface area contributed by atoms with Gasteiger partial charge in [0.15, 0.2) is 12.0 Å². The van der Waals surface area contributed by atoms with E-state index in [4.69, 9.17) is 32.4 Å². The number of fused-ring (bicyclic) bond motifs is 2. The Morgan fingerprint density at radius 2 is 2.12 bits per heavy atom. The predicted octanol–water partition coefficient (Wildman–Crippen LogP) is 3.24. The molecule has 1 unspecified atom stereocenters. The third-order valence-electron chi connectivity index (χ3n) is 6.40. The molecule has 168 valence electrons. The number of aromatic amines is 1. The Morgan fingerprint density at radius 3 is 2.81 bits per heavy atom. The van der Waals surface area contributed by atoms with Gasteiger partial charge < -0.3 is 24.4 Å². The highest BCUT2D eigenvalue weighted by atomic mass is 35.5. The summed E-state index contributed by atoms with van der Waals surface area (Å²) in [4.78, 5) is 34.7. The summed E-state index contributed by atoms with van der Waals surface area (Å²) in [6.07, 6.45) is 1.57. The van der Waals surface area contributed by atoms with Crippen LogP contribution in [0.15, 0.2) is 21.7 Å². The number of nitrogens with zero attached hydrogens (tertiary/aromatic N) is 2. The van der Waals surface area contributed by atoms with Crippen LogP contribution in [0.5, 0.6) is 0 Å². The Balaban J connectivity index is 1.54. The van der Waals surface area contributed by atoms with Gasteiger partial charge in [0.1, 0.15) is 5.52 Å². The van der Waals surface area contributed by atoms with Gasteiger partial charge in [0.05, 0.1) is 28.8 Å². The van der Waals surface area contributed by atoms with Crippen LogP contribution in [0.1, 0.15) is 38.8 Å². The second-order valence-electron chi connectivity index (χ2n) is 8.25. The van der Waals surface area contributed by atoms with Crippen molar-refractivity contribution >= 4 is 40.2 Å². The third kappa shape index (κ3) is 3.33. The molecule has 1 atom stereocenters. The quantitative estimate of drug-likeness (QED) is 0.586. The van der Waals surface area contributed by atoms with Crippen molar-refractivity contribution in [1.82, 2.24) is 20.2 Å². The molecule has 3 aromatic rings. The van der Waals surface area contributed by atoms with Crippen molar-refractivity contribution in [3.05, 3.63) is 60.8 Å². The normalized spacial score (nSPS) is 17.5. The zero-order chi connectivity index (χ0) is 22.6. The van der Waals surface area contributed by atoms with Crippen LogP contribution < -0.4 is 10.9 Å². The highest BCUT2D eigenvalue weighted by Gasteiger charge is 2.36. The van der Waals surface area contributed by atoms with Crippen LogP contribution in [0.3, 0.4) is 0 Å². The predicted molar refractivity (Wildman–Crippen MR) is 120 cm³/mol. The van der Waals surface area contributed by atoms with Gasteiger partial charge >= 0.3 is 0 Å². The summed E-state index contributed by atoms with van der Waals surface area (Å²) >= 11 is 13.4. The lowest BCUT2D eigenvalue weighted by molar-refractivity contribution is 0.0292. The summed E-state index contributed by atoms with van der Waals surface area (Å²) < 4.78 is 11.2. The summed E-state index contributed by atoms with van der Waals surface area (Å²) in [6, 6.07) is 1.82. The van der Waals surface area contributed by atoms with Gasteiger partial charge in [-0.2, -0.15) is 0 Å². The summed E-state index contributed by atoms with van der Waals surface area (Å²) in [5, 5.41) is 4.10. The van der Waals surface area contributed by atoms with E-state index in [0.717, 1.165) is 18.7 Å². The molecule has 2 aromatic heterocycles. The molecular weight excluding hydrogens is 455 g/mol. The summed E-state index contributed by atoms with van der Waals surface area (Å²) in [6.45, 7) is 3.87. The Bertz CT molecular complexity index is 1280. The topological polar surface area (TPSA) is 100 Å². The first-order chi connectivity index (χ1) is 15.4. The van der Waals surface area contributed by atoms with Gasteiger partial charge in [0.2, 0.25) is 0 Å². The number of hydrogen-bond acceptors (Lipinski definition) is 6. The molecule has 1 saturated heterocycles. The van der Waals surface area contributed by atoms with E-state index in [1.165, 1.54) is 6.39 Å². The molecule has 10 heteroatoms. The number of amides is 1. The highest BCUT2D eigenvalue weighted by molar-refractivity contribution is 6.37. The van der Waals surface area contributed by atoms with Gasteiger partial charge in [-0.15, -0.1) is 0 Å². The van der Waals surface area contributed by atoms with Gasteiger partial charge in [-0.3, -0.25) is 9.59 Å². The lowest BCUT2D eigenvalue weighted by atomic mass is 9.87. The number of carbonyl (C=O) groups is 1. The molecule has 8 nitrogen and oxygen atoms in total. The molecule has 0 radical (unpaired) electrons. The average molecular weight is 477 g/mol. The number of oxazole rings is 1. The minimum absolute atomic E-state index is 0.0814. The molecular formula is C22H22Cl2N4O4. The number of aromatic nitrogens is 2. The van der Waals surface area contributed by atoms with Crippen molar-refractivity contribution in [1.29, 1.82) is 0 Å². The van der Waals surface area contributed by atoms with Crippen molar-refractivity contribution < 1.29 is 13.9 Å². The first-order valence-corrected chi connectivity index (χ1v) is 11.1. The zero-order valence-electron chi connectivity index (χ0n) is 17.6. The Hall–Kier alpha value is -2.39. The monoisotopic (exact) mass is 476 g/mol. The Kier molecular flexibility index (Phi) is 5.49. The van der Waals surface area contributed by atoms with Crippen molar-refractivity contribution in [2.75, 3.05) is 26.7 Å². The molecule has 2 aliphatic rings. The van der Waals surface area contributed by atoms with Crippen LogP contribution in [-0.4, -0.2) is 47.5 Å². The number of carbonyl (C=O) groups excluding carboxylic acids is 1. The largest absolute Gasteiger partial charge is 0.443 e. The zero-order valence-corrected chi connectivity index (χ0v) is 19.1. The molecule has 5 rings (SSSR count). The molecule has 4 heterocycles. The van der Waals surface area contributed by atoms with Crippen molar-refractivity contribution in [3.63, 3.8) is 0 Å². The molecule has 0 bridgehead atoms. The maximum atomic E-state index is 13.5. The average Bonchev–Trinajstić information content (AvgIpc) is 3.22. The minimum Gasteiger partial charge on any atom is -0.443 e. The number of methoxy groups -OCH3 is 1. The van der Waals surface area contributed by atoms with Gasteiger partial charge in [-0.05, 0) is 25.0 Å². The van der Waals surface area contributed by atoms with E-state index in [-0.39, 0.29) is 30.0 Å². The van der Waals surface area contributed by atoms with Crippen LogP contribution in [-0.2, 0) is 17.7 Å². The first kappa shape index (κ1) is 21.5. The van der Waals surface area contributed by atoms with Crippen LogP contribution in [0.25, 0.3) is 11.1 Å². The van der Waals surface area contributed by atoms with E-state index in [2.05, 4.69) is 15.3 Å². The third-order valence-corrected chi connectivity index (χ3v) is 7.14. The number of halogens is 2. The van der Waals surface area contributed by atoms with Crippen molar-refractivity contribution in [2.45, 2.75) is 26.0 Å². The van der Waals surface area contributed by atoms with Crippen molar-refractivity contribution in [3.8, 4) is 0 Å². The fourth-order valence-corrected chi connectivity index (χ4v) is 5.25. The SMILES string of the molecule is COC(c1cc(Cl)c2c(c1Cl)C(=O)N(Cc1c(=O)[nH]c(C)c3ncoc13)CC2)C1CNC1. The standard InChI is InChI=1S/C22H22Cl2N4O4/c1-10-18-20(32-9-26-18)14(21(29)27-10)8-28-4-3-12-15(23)5-13(17(24)16(12)22(28)30)19(31-2)11-6-25-7-11/h5,9,11,19,25H,3-4,6-8H2,1-2H3,(H,27,29). The van der Waals surface area contributed by atoms with Crippen LogP contribution in [0, 0.1) is 12.8 Å². The summed E-state index contributed by atoms with van der Waals surface area (Å²) in [5.41, 5.74) is 3.45. The van der Waals surface area contributed by atoms with Crippen molar-refractivity contribution in [2.24, 2.45) is 5.92 Å². The number of aryl methyl sites for hydroxylation is 1. The maximum Gasteiger partial charge on any atom is 0.257 e. The fraction of sp³-hybridized carbons (Fsp3) is 0.409. The number of pyridine rings is 1. The van der Waals surface area contributed by atoms with Crippen LogP contribution in [0.2, 0.25) is 10.0 Å². The molecule has 2 aliphatic heterocycles. The summed E-state index contributed by atoms with van der Waals surface area (Å²) in [5.74, 6) is -0.0125. The lowest BCUT2D eigenvalue weighted by Crippen LogP contribution is -2.46. The van der Waals surface area contributed by atoms with E-state index in [0.29, 0.717) is 56.5 Å². The Labute approximate surface area is 193 Å². The summed E-state index contributed by atoms with van der Waals surface area (Å²) in [7, 11) is 1.63. The van der Waals surface area contributed by atoms with Gasteiger partial charge in [0.25, 0.3) is 11.5 Å². The second kappa shape index (κ2) is 8.19. The van der Waals surface area contributed by atoms with E-state index >= 15 is 0 Å². The van der Waals surface area contributed by atoms with E-state index in [1.807, 2.05) is 6.07 Å². The Morgan fingerprint density at radius 1 is 1.34 bits per heavy atom. The number of rotatable bonds is 5. The molecule has 2 N–H and O–H groups in total. The molecule has 32 heavy (non-hydrogen) atoms. The minimum atomic E-state index is -0.305. The van der Waals surface area contributed by atoms with E-state index < -0.39 is 0 Å². The number of nitrogens with one attached hydrogen (secondary N) is 2. The second-order valence-corrected chi connectivity index (χ2v) is 9.04. The molecule has 0 spiro atoms. The van der Waals surface area contributed by atoms with E-state index in [9.17, 15) is 9.59 Å². The molecule has 0 saturated carbocycles. The first-order valence-electron chi connectivity index (χ1n) is 10.4. The number of ether oxygens (including phenoxy) is 1. The number of hydrogen-bond donors (Lipinski definition) is 2. The molecule has 1 amide bonds. The smallest absolute Gasteiger partial charge is 0.257 e. The molecule has 0 aliphatic carbocycles. The van der Waals surface area contributed by atoms with Crippen LogP contribution in [0.4, 0.5) is 0 Å². The highest BCUT2D eigenvalue weighted by Crippen LogP contribution is 2.41. The maximum absolute atomic E-state index is 13.5. The molecule has 1 aromatic carbocycles. The van der Waals surface area contributed by atoms with Gasteiger partial charge in [-0.1, -0.05) is 23.2 Å². The lowest BCUT2D eigenvalue weighted by Gasteiger charge is -2.36. The fourth-order valence-electron chi connectivity index (χ4n) is 4.58. The van der Waals surface area contributed by atoms with Gasteiger partial charge in [-0.25, -0.2) is 4.98 Å². The van der Waals surface area contributed by atoms with Gasteiger partial charge in [0, 0.05) is 48.9 Å².